The predicted octanol–water partition coefficient (Wildman–Crippen LogP) is 9.92. The monoisotopic (exact) mass is 544 g/mol. The molecule has 0 saturated heterocycles. The number of aryl methyl sites for hydroxylation is 1. The highest BCUT2D eigenvalue weighted by Gasteiger charge is 2.36. The minimum Gasteiger partial charge on any atom is -0.491 e. The lowest BCUT2D eigenvalue weighted by atomic mass is 9.64. The molecule has 0 aliphatic heterocycles. The molecule has 0 bridgehead atoms. The first-order chi connectivity index (χ1) is 19.6. The number of hydrogen-bond acceptors (Lipinski definition) is 2. The zero-order chi connectivity index (χ0) is 27.9. The standard InChI is InChI=1S/C36H42F2O2/c1-3-5-6-7-25-8-11-27(12-9-25)28-14-16-29(17-15-28)31-19-18-30-22-26(10-13-32(30)23-31)24-40-34-21-20-33(39-4-2)35(37)36(34)38/h3,5,8-9,11-12,14-17,20-21,26,30-32H,4,6-7,10,13,18-19,22-24H2,1-2H3/b5-3+. The van der Waals surface area contributed by atoms with Gasteiger partial charge in [0.1, 0.15) is 0 Å². The van der Waals surface area contributed by atoms with Gasteiger partial charge in [0.25, 0.3) is 0 Å². The van der Waals surface area contributed by atoms with Crippen LogP contribution in [0.1, 0.15) is 75.8 Å². The Morgan fingerprint density at radius 2 is 1.38 bits per heavy atom. The largest absolute Gasteiger partial charge is 0.491 e. The van der Waals surface area contributed by atoms with Crippen LogP contribution in [0.15, 0.2) is 72.8 Å². The number of rotatable bonds is 10. The lowest BCUT2D eigenvalue weighted by molar-refractivity contribution is 0.0901. The summed E-state index contributed by atoms with van der Waals surface area (Å²) in [6.07, 6.45) is 13.6. The second-order valence-electron chi connectivity index (χ2n) is 11.6. The van der Waals surface area contributed by atoms with E-state index in [0.29, 0.717) is 31.0 Å². The maximum absolute atomic E-state index is 14.4. The molecule has 4 heteroatoms. The minimum absolute atomic E-state index is 0.0180. The van der Waals surface area contributed by atoms with Crippen molar-refractivity contribution in [1.29, 1.82) is 0 Å². The second-order valence-corrected chi connectivity index (χ2v) is 11.6. The third-order valence-electron chi connectivity index (χ3n) is 9.01. The first-order valence-corrected chi connectivity index (χ1v) is 15.1. The Bertz CT molecular complexity index is 1270. The molecule has 0 heterocycles. The van der Waals surface area contributed by atoms with Crippen molar-refractivity contribution in [2.45, 2.75) is 71.1 Å². The Kier molecular flexibility index (Phi) is 9.57. The Morgan fingerprint density at radius 1 is 0.750 bits per heavy atom. The summed E-state index contributed by atoms with van der Waals surface area (Å²) in [6.45, 7) is 4.55. The quantitative estimate of drug-likeness (QED) is 0.237. The van der Waals surface area contributed by atoms with E-state index in [2.05, 4.69) is 67.6 Å². The second kappa shape index (κ2) is 13.5. The molecule has 3 aromatic carbocycles. The molecule has 0 spiro atoms. The lowest BCUT2D eigenvalue weighted by Crippen LogP contribution is -2.32. The van der Waals surface area contributed by atoms with Crippen LogP contribution in [0.5, 0.6) is 11.5 Å². The van der Waals surface area contributed by atoms with Crippen molar-refractivity contribution in [1.82, 2.24) is 0 Å². The Morgan fingerprint density at radius 3 is 2.05 bits per heavy atom. The molecule has 2 nitrogen and oxygen atoms in total. The van der Waals surface area contributed by atoms with Crippen LogP contribution in [-0.2, 0) is 6.42 Å². The highest BCUT2D eigenvalue weighted by Crippen LogP contribution is 2.48. The third kappa shape index (κ3) is 6.77. The summed E-state index contributed by atoms with van der Waals surface area (Å²) in [5.74, 6) is 0.445. The first kappa shape index (κ1) is 28.4. The predicted molar refractivity (Wildman–Crippen MR) is 159 cm³/mol. The van der Waals surface area contributed by atoms with Gasteiger partial charge in [-0.2, -0.15) is 8.78 Å². The van der Waals surface area contributed by atoms with Gasteiger partial charge in [-0.3, -0.25) is 0 Å². The summed E-state index contributed by atoms with van der Waals surface area (Å²) >= 11 is 0. The average Bonchev–Trinajstić information content (AvgIpc) is 2.99. The van der Waals surface area contributed by atoms with E-state index in [1.165, 1.54) is 60.1 Å². The molecular formula is C36H42F2O2. The van der Waals surface area contributed by atoms with E-state index in [9.17, 15) is 8.78 Å². The van der Waals surface area contributed by atoms with Gasteiger partial charge in [0.2, 0.25) is 11.6 Å². The molecule has 0 amide bonds. The summed E-state index contributed by atoms with van der Waals surface area (Å²) < 4.78 is 39.5. The van der Waals surface area contributed by atoms with Crippen LogP contribution in [0.3, 0.4) is 0 Å². The van der Waals surface area contributed by atoms with Crippen molar-refractivity contribution in [3.05, 3.63) is 95.6 Å². The van der Waals surface area contributed by atoms with E-state index in [0.717, 1.165) is 31.6 Å². The first-order valence-electron chi connectivity index (χ1n) is 15.1. The number of ether oxygens (including phenoxy) is 2. The summed E-state index contributed by atoms with van der Waals surface area (Å²) in [5, 5.41) is 0. The summed E-state index contributed by atoms with van der Waals surface area (Å²) in [5.41, 5.74) is 5.40. The SMILES string of the molecule is C/C=C/CCc1ccc(-c2ccc(C3CCC4CC(COc5ccc(OCC)c(F)c5F)CCC4C3)cc2)cc1. The van der Waals surface area contributed by atoms with Gasteiger partial charge in [-0.15, -0.1) is 0 Å². The van der Waals surface area contributed by atoms with E-state index in [-0.39, 0.29) is 11.5 Å². The fourth-order valence-electron chi connectivity index (χ4n) is 6.77. The number of fused-ring (bicyclic) bond motifs is 1. The molecule has 4 atom stereocenters. The van der Waals surface area contributed by atoms with Gasteiger partial charge in [-0.1, -0.05) is 60.7 Å². The zero-order valence-corrected chi connectivity index (χ0v) is 23.9. The van der Waals surface area contributed by atoms with Crippen molar-refractivity contribution < 1.29 is 18.3 Å². The van der Waals surface area contributed by atoms with Gasteiger partial charge in [-0.05, 0) is 123 Å². The van der Waals surface area contributed by atoms with Crippen LogP contribution in [-0.4, -0.2) is 13.2 Å². The summed E-state index contributed by atoms with van der Waals surface area (Å²) in [4.78, 5) is 0. The summed E-state index contributed by atoms with van der Waals surface area (Å²) in [6, 6.07) is 21.2. The molecule has 0 aromatic heterocycles. The van der Waals surface area contributed by atoms with Crippen LogP contribution in [0.4, 0.5) is 8.78 Å². The normalized spacial score (nSPS) is 22.7. The molecule has 2 fully saturated rings. The molecule has 212 valence electrons. The molecule has 2 aliphatic carbocycles. The third-order valence-corrected chi connectivity index (χ3v) is 9.01. The number of halogens is 2. The molecule has 4 unspecified atom stereocenters. The Hall–Kier alpha value is -3.14. The number of allylic oxidation sites excluding steroid dienone is 2. The maximum Gasteiger partial charge on any atom is 0.204 e. The van der Waals surface area contributed by atoms with Crippen molar-refractivity contribution >= 4 is 0 Å². The van der Waals surface area contributed by atoms with Crippen molar-refractivity contribution in [3.63, 3.8) is 0 Å². The Labute approximate surface area is 238 Å². The molecular weight excluding hydrogens is 502 g/mol. The number of benzene rings is 3. The fraction of sp³-hybridized carbons (Fsp3) is 0.444. The van der Waals surface area contributed by atoms with Gasteiger partial charge in [0, 0.05) is 0 Å². The molecule has 2 aliphatic rings. The van der Waals surface area contributed by atoms with Crippen LogP contribution < -0.4 is 9.47 Å². The minimum atomic E-state index is -0.969. The lowest BCUT2D eigenvalue weighted by Gasteiger charge is -2.42. The van der Waals surface area contributed by atoms with E-state index in [1.807, 2.05) is 0 Å². The van der Waals surface area contributed by atoms with Crippen LogP contribution in [0, 0.1) is 29.4 Å². The molecule has 40 heavy (non-hydrogen) atoms. The van der Waals surface area contributed by atoms with Crippen LogP contribution >= 0.6 is 0 Å². The smallest absolute Gasteiger partial charge is 0.204 e. The van der Waals surface area contributed by atoms with Gasteiger partial charge >= 0.3 is 0 Å². The van der Waals surface area contributed by atoms with Crippen molar-refractivity contribution in [2.75, 3.05) is 13.2 Å². The van der Waals surface area contributed by atoms with Gasteiger partial charge in [0.05, 0.1) is 13.2 Å². The molecule has 3 aromatic rings. The van der Waals surface area contributed by atoms with E-state index in [1.54, 1.807) is 6.92 Å². The van der Waals surface area contributed by atoms with Crippen LogP contribution in [0.2, 0.25) is 0 Å². The van der Waals surface area contributed by atoms with E-state index < -0.39 is 11.6 Å². The van der Waals surface area contributed by atoms with E-state index in [4.69, 9.17) is 9.47 Å². The number of hydrogen-bond donors (Lipinski definition) is 0. The van der Waals surface area contributed by atoms with Gasteiger partial charge in [-0.25, -0.2) is 0 Å². The van der Waals surface area contributed by atoms with Crippen LogP contribution in [0.25, 0.3) is 11.1 Å². The van der Waals surface area contributed by atoms with Crippen molar-refractivity contribution in [3.8, 4) is 22.6 Å². The Balaban J connectivity index is 1.12. The highest BCUT2D eigenvalue weighted by atomic mass is 19.2. The van der Waals surface area contributed by atoms with Gasteiger partial charge in [0.15, 0.2) is 11.5 Å². The van der Waals surface area contributed by atoms with Crippen molar-refractivity contribution in [2.24, 2.45) is 17.8 Å². The highest BCUT2D eigenvalue weighted by molar-refractivity contribution is 5.64. The molecule has 0 radical (unpaired) electrons. The summed E-state index contributed by atoms with van der Waals surface area (Å²) in [7, 11) is 0. The van der Waals surface area contributed by atoms with Gasteiger partial charge < -0.3 is 9.47 Å². The topological polar surface area (TPSA) is 18.5 Å². The zero-order valence-electron chi connectivity index (χ0n) is 23.9. The average molecular weight is 545 g/mol. The molecule has 0 N–H and O–H groups in total. The van der Waals surface area contributed by atoms with E-state index >= 15 is 0 Å². The maximum atomic E-state index is 14.4. The fourth-order valence-corrected chi connectivity index (χ4v) is 6.77. The molecule has 2 saturated carbocycles. The molecule has 5 rings (SSSR count).